The van der Waals surface area contributed by atoms with E-state index in [1.54, 1.807) is 12.1 Å². The highest BCUT2D eigenvalue weighted by molar-refractivity contribution is 7.92. The average Bonchev–Trinajstić information content (AvgIpc) is 3.33. The van der Waals surface area contributed by atoms with Crippen molar-refractivity contribution in [2.24, 2.45) is 0 Å². The minimum Gasteiger partial charge on any atom is -0.364 e. The highest BCUT2D eigenvalue weighted by Crippen LogP contribution is 2.30. The molecule has 1 fully saturated rings. The maximum Gasteiger partial charge on any atom is 0.264 e. The monoisotopic (exact) mass is 517 g/mol. The smallest absolute Gasteiger partial charge is 0.264 e. The van der Waals surface area contributed by atoms with Crippen molar-refractivity contribution in [1.29, 1.82) is 0 Å². The molecule has 1 aliphatic rings. The number of anilines is 2. The second kappa shape index (κ2) is 9.29. The third-order valence-electron chi connectivity index (χ3n) is 5.45. The fraction of sp³-hybridized carbons (Fsp3) is 0.182. The van der Waals surface area contributed by atoms with Crippen LogP contribution in [0.3, 0.4) is 0 Å². The Morgan fingerprint density at radius 3 is 2.71 bits per heavy atom. The molecule has 0 aliphatic carbocycles. The number of hydrogen-bond acceptors (Lipinski definition) is 8. The van der Waals surface area contributed by atoms with Crippen molar-refractivity contribution in [1.82, 2.24) is 25.3 Å². The molecule has 0 amide bonds. The number of aromatic nitrogens is 4. The Morgan fingerprint density at radius 2 is 1.94 bits per heavy atom. The van der Waals surface area contributed by atoms with Crippen molar-refractivity contribution < 1.29 is 17.2 Å². The van der Waals surface area contributed by atoms with Crippen LogP contribution < -0.4 is 15.4 Å². The van der Waals surface area contributed by atoms with Crippen LogP contribution in [0.25, 0.3) is 22.3 Å². The third-order valence-corrected chi connectivity index (χ3v) is 7.15. The van der Waals surface area contributed by atoms with Crippen LogP contribution in [0, 0.1) is 11.6 Å². The van der Waals surface area contributed by atoms with E-state index in [1.807, 2.05) is 0 Å². The van der Waals surface area contributed by atoms with Gasteiger partial charge >= 0.3 is 0 Å². The van der Waals surface area contributed by atoms with Gasteiger partial charge in [-0.25, -0.2) is 37.1 Å². The normalized spacial score (nSPS) is 15.9. The first-order chi connectivity index (χ1) is 16.8. The maximum absolute atomic E-state index is 14.1. The molecule has 3 N–H and O–H groups in total. The summed E-state index contributed by atoms with van der Waals surface area (Å²) in [6.07, 6.45) is 3.84. The molecule has 9 nitrogen and oxygen atoms in total. The Balaban J connectivity index is 1.49. The molecule has 0 unspecified atom stereocenters. The SMILES string of the molecule is O=S(=O)(Nc1cc(-c2ccc3ncnc(N[C@@H]4CCNC4)c3n2)cnc1Cl)c1ccc(F)cc1F. The minimum absolute atomic E-state index is 0.0884. The molecule has 0 saturated carbocycles. The number of nitrogens with zero attached hydrogens (tertiary/aromatic N) is 4. The van der Waals surface area contributed by atoms with Gasteiger partial charge in [0, 0.05) is 30.4 Å². The van der Waals surface area contributed by atoms with Crippen LogP contribution >= 0.6 is 11.6 Å². The zero-order valence-electron chi connectivity index (χ0n) is 18.0. The van der Waals surface area contributed by atoms with Crippen LogP contribution in [0.15, 0.2) is 53.8 Å². The van der Waals surface area contributed by atoms with Gasteiger partial charge in [0.05, 0.1) is 16.9 Å². The molecule has 1 saturated heterocycles. The molecule has 3 aromatic heterocycles. The second-order valence-corrected chi connectivity index (χ2v) is 9.87. The summed E-state index contributed by atoms with van der Waals surface area (Å²) < 4.78 is 54.9. The maximum atomic E-state index is 14.1. The van der Waals surface area contributed by atoms with Gasteiger partial charge in [0.15, 0.2) is 11.0 Å². The second-order valence-electron chi connectivity index (χ2n) is 7.86. The zero-order valence-corrected chi connectivity index (χ0v) is 19.5. The van der Waals surface area contributed by atoms with E-state index in [0.29, 0.717) is 34.2 Å². The van der Waals surface area contributed by atoms with Gasteiger partial charge in [-0.15, -0.1) is 0 Å². The lowest BCUT2D eigenvalue weighted by atomic mass is 10.1. The number of sulfonamides is 1. The van der Waals surface area contributed by atoms with Crippen molar-refractivity contribution >= 4 is 44.2 Å². The van der Waals surface area contributed by atoms with E-state index in [2.05, 4.69) is 35.3 Å². The number of nitrogens with one attached hydrogen (secondary N) is 3. The highest BCUT2D eigenvalue weighted by atomic mass is 35.5. The van der Waals surface area contributed by atoms with Crippen LogP contribution in [-0.4, -0.2) is 47.5 Å². The largest absolute Gasteiger partial charge is 0.364 e. The van der Waals surface area contributed by atoms with E-state index in [1.165, 1.54) is 18.6 Å². The number of hydrogen-bond donors (Lipinski definition) is 3. The summed E-state index contributed by atoms with van der Waals surface area (Å²) in [5, 5.41) is 6.50. The minimum atomic E-state index is -4.41. The molecular weight excluding hydrogens is 500 g/mol. The van der Waals surface area contributed by atoms with Gasteiger partial charge in [0.1, 0.15) is 28.4 Å². The molecule has 1 aromatic carbocycles. The van der Waals surface area contributed by atoms with Crippen molar-refractivity contribution in [2.45, 2.75) is 17.4 Å². The molecular formula is C22H18ClF2N7O2S. The van der Waals surface area contributed by atoms with Crippen LogP contribution in [0.1, 0.15) is 6.42 Å². The van der Waals surface area contributed by atoms with Crippen molar-refractivity contribution in [3.8, 4) is 11.3 Å². The average molecular weight is 518 g/mol. The zero-order chi connectivity index (χ0) is 24.6. The summed E-state index contributed by atoms with van der Waals surface area (Å²) in [6, 6.07) is 7.28. The van der Waals surface area contributed by atoms with Gasteiger partial charge in [0.25, 0.3) is 10.0 Å². The molecule has 0 bridgehead atoms. The third kappa shape index (κ3) is 4.85. The molecule has 0 radical (unpaired) electrons. The number of halogens is 3. The van der Waals surface area contributed by atoms with Gasteiger partial charge in [-0.05, 0) is 43.3 Å². The molecule has 180 valence electrons. The molecule has 5 rings (SSSR count). The van der Waals surface area contributed by atoms with Crippen molar-refractivity contribution in [2.75, 3.05) is 23.1 Å². The van der Waals surface area contributed by atoms with Crippen LogP contribution in [0.4, 0.5) is 20.3 Å². The first-order valence-electron chi connectivity index (χ1n) is 10.5. The fourth-order valence-corrected chi connectivity index (χ4v) is 5.05. The van der Waals surface area contributed by atoms with E-state index in [9.17, 15) is 17.2 Å². The molecule has 35 heavy (non-hydrogen) atoms. The van der Waals surface area contributed by atoms with E-state index in [0.717, 1.165) is 31.6 Å². The summed E-state index contributed by atoms with van der Waals surface area (Å²) >= 11 is 6.11. The Bertz CT molecular complexity index is 1530. The Kier molecular flexibility index (Phi) is 6.17. The van der Waals surface area contributed by atoms with Crippen LogP contribution in [0.2, 0.25) is 5.15 Å². The van der Waals surface area contributed by atoms with Crippen molar-refractivity contribution in [3.05, 3.63) is 65.7 Å². The van der Waals surface area contributed by atoms with E-state index in [4.69, 9.17) is 11.6 Å². The Morgan fingerprint density at radius 1 is 1.09 bits per heavy atom. The molecule has 0 spiro atoms. The quantitative estimate of drug-likeness (QED) is 0.332. The summed E-state index contributed by atoms with van der Waals surface area (Å²) in [4.78, 5) is 16.6. The standard InChI is InChI=1S/C22H18ClF2N7O2S/c23-21-18(32-35(33,34)19-4-1-13(24)8-15(19)25)7-12(9-27-21)16-2-3-17-20(31-16)22(29-11-28-17)30-14-5-6-26-10-14/h1-4,7-9,11,14,26,32H,5-6,10H2,(H,28,29,30)/t14-/m1/s1. The van der Waals surface area contributed by atoms with Crippen molar-refractivity contribution in [3.63, 3.8) is 0 Å². The van der Waals surface area contributed by atoms with Crippen LogP contribution in [0.5, 0.6) is 0 Å². The predicted octanol–water partition coefficient (Wildman–Crippen LogP) is 3.59. The van der Waals surface area contributed by atoms with Crippen LogP contribution in [-0.2, 0) is 10.0 Å². The van der Waals surface area contributed by atoms with E-state index in [-0.39, 0.29) is 16.9 Å². The van der Waals surface area contributed by atoms with Gasteiger partial charge in [-0.1, -0.05) is 11.6 Å². The predicted molar refractivity (Wildman–Crippen MR) is 128 cm³/mol. The number of rotatable bonds is 6. The van der Waals surface area contributed by atoms with E-state index < -0.39 is 26.6 Å². The van der Waals surface area contributed by atoms with Gasteiger partial charge in [0.2, 0.25) is 0 Å². The molecule has 1 aliphatic heterocycles. The van der Waals surface area contributed by atoms with E-state index >= 15 is 0 Å². The summed E-state index contributed by atoms with van der Waals surface area (Å²) in [5.41, 5.74) is 2.01. The van der Waals surface area contributed by atoms with Gasteiger partial charge in [-0.2, -0.15) is 0 Å². The lowest BCUT2D eigenvalue weighted by molar-refractivity contribution is 0.551. The first kappa shape index (κ1) is 23.3. The fourth-order valence-electron chi connectivity index (χ4n) is 3.73. The van der Waals surface area contributed by atoms with Gasteiger partial charge in [-0.3, -0.25) is 4.72 Å². The molecule has 4 heterocycles. The number of pyridine rings is 2. The summed E-state index contributed by atoms with van der Waals surface area (Å²) in [6.45, 7) is 1.72. The Labute approximate surface area is 204 Å². The topological polar surface area (TPSA) is 122 Å². The lowest BCUT2D eigenvalue weighted by Gasteiger charge is -2.14. The number of benzene rings is 1. The molecule has 13 heteroatoms. The Hall–Kier alpha value is -3.48. The first-order valence-corrected chi connectivity index (χ1v) is 12.4. The summed E-state index contributed by atoms with van der Waals surface area (Å²) in [5.74, 6) is -1.54. The molecule has 4 aromatic rings. The number of fused-ring (bicyclic) bond motifs is 1. The molecule has 1 atom stereocenters. The lowest BCUT2D eigenvalue weighted by Crippen LogP contribution is -2.23. The highest BCUT2D eigenvalue weighted by Gasteiger charge is 2.22. The van der Waals surface area contributed by atoms with Gasteiger partial charge < -0.3 is 10.6 Å². The summed E-state index contributed by atoms with van der Waals surface area (Å²) in [7, 11) is -4.41.